The molecule has 1 aromatic heterocycles. The summed E-state index contributed by atoms with van der Waals surface area (Å²) in [5.74, 6) is 0.440. The normalized spacial score (nSPS) is 14.7. The summed E-state index contributed by atoms with van der Waals surface area (Å²) in [7, 11) is 2.08. The summed E-state index contributed by atoms with van der Waals surface area (Å²) in [4.78, 5) is 11.6. The predicted molar refractivity (Wildman–Crippen MR) is 141 cm³/mol. The maximum atomic E-state index is 14.0. The molecule has 0 saturated carbocycles. The van der Waals surface area contributed by atoms with E-state index >= 15 is 0 Å². The summed E-state index contributed by atoms with van der Waals surface area (Å²) in [6.45, 7) is 3.49. The van der Waals surface area contributed by atoms with Crippen LogP contribution in [0.1, 0.15) is 25.3 Å². The van der Waals surface area contributed by atoms with Gasteiger partial charge in [0.05, 0.1) is 21.2 Å². The molecule has 11 heteroatoms. The Kier molecular flexibility index (Phi) is 8.01. The van der Waals surface area contributed by atoms with Gasteiger partial charge in [-0.25, -0.2) is 9.37 Å². The lowest BCUT2D eigenvalue weighted by molar-refractivity contribution is 0.110. The third kappa shape index (κ3) is 6.16. The quantitative estimate of drug-likeness (QED) is 0.246. The van der Waals surface area contributed by atoms with Crippen molar-refractivity contribution in [3.05, 3.63) is 57.8 Å². The standard InChI is InChI=1S/C24H25Cl2FN6OS/c1-13(28)21-22(29)30-23(31-24(21)34-16-7-9-33(2)10-8-16)14-3-6-19(17(26)11-14)32-35-20-12-15(25)4-5-18(20)27/h3-6,11-12,16,28,32H,7-10H2,1-2H3,(H2,29,30,31). The number of piperidine rings is 1. The van der Waals surface area contributed by atoms with E-state index in [1.807, 2.05) is 0 Å². The van der Waals surface area contributed by atoms with Gasteiger partial charge in [-0.2, -0.15) is 4.98 Å². The van der Waals surface area contributed by atoms with E-state index in [9.17, 15) is 4.39 Å². The Bertz CT molecular complexity index is 1250. The van der Waals surface area contributed by atoms with Crippen molar-refractivity contribution >= 4 is 52.4 Å². The van der Waals surface area contributed by atoms with Crippen LogP contribution in [0.5, 0.6) is 5.88 Å². The monoisotopic (exact) mass is 534 g/mol. The lowest BCUT2D eigenvalue weighted by Crippen LogP contribution is -2.36. The highest BCUT2D eigenvalue weighted by atomic mass is 35.5. The molecule has 7 nitrogen and oxygen atoms in total. The molecule has 0 spiro atoms. The smallest absolute Gasteiger partial charge is 0.228 e. The van der Waals surface area contributed by atoms with Gasteiger partial charge in [0.25, 0.3) is 0 Å². The summed E-state index contributed by atoms with van der Waals surface area (Å²) in [6, 6.07) is 9.57. The Morgan fingerprint density at radius 3 is 2.63 bits per heavy atom. The van der Waals surface area contributed by atoms with Crippen LogP contribution in [0.3, 0.4) is 0 Å². The van der Waals surface area contributed by atoms with Crippen LogP contribution in [0.25, 0.3) is 11.4 Å². The van der Waals surface area contributed by atoms with Crippen LogP contribution >= 0.6 is 35.1 Å². The summed E-state index contributed by atoms with van der Waals surface area (Å²) >= 11 is 13.5. The Labute approximate surface area is 217 Å². The van der Waals surface area contributed by atoms with Gasteiger partial charge in [-0.3, -0.25) is 0 Å². The number of benzene rings is 2. The maximum absolute atomic E-state index is 14.0. The molecule has 0 aliphatic carbocycles. The first-order valence-electron chi connectivity index (χ1n) is 11.0. The first-order chi connectivity index (χ1) is 16.7. The number of halogens is 3. The van der Waals surface area contributed by atoms with E-state index < -0.39 is 0 Å². The molecule has 184 valence electrons. The van der Waals surface area contributed by atoms with Gasteiger partial charge in [-0.1, -0.05) is 23.2 Å². The number of aromatic nitrogens is 2. The molecular weight excluding hydrogens is 510 g/mol. The van der Waals surface area contributed by atoms with Crippen molar-refractivity contribution in [2.45, 2.75) is 30.8 Å². The third-order valence-corrected chi connectivity index (χ3v) is 7.02. The molecule has 1 fully saturated rings. The Hall–Kier alpha value is -2.59. The van der Waals surface area contributed by atoms with E-state index in [2.05, 4.69) is 26.6 Å². The van der Waals surface area contributed by atoms with Crippen LogP contribution in [0.4, 0.5) is 15.9 Å². The van der Waals surface area contributed by atoms with Crippen LogP contribution < -0.4 is 15.2 Å². The van der Waals surface area contributed by atoms with Crippen LogP contribution in [-0.4, -0.2) is 46.8 Å². The maximum Gasteiger partial charge on any atom is 0.228 e. The van der Waals surface area contributed by atoms with Gasteiger partial charge in [-0.15, -0.1) is 0 Å². The molecule has 4 N–H and O–H groups in total. The van der Waals surface area contributed by atoms with Gasteiger partial charge >= 0.3 is 0 Å². The molecule has 0 amide bonds. The first kappa shape index (κ1) is 25.5. The highest BCUT2D eigenvalue weighted by Crippen LogP contribution is 2.34. The molecule has 2 aromatic carbocycles. The second-order valence-electron chi connectivity index (χ2n) is 8.33. The summed E-state index contributed by atoms with van der Waals surface area (Å²) in [5.41, 5.74) is 8.07. The van der Waals surface area contributed by atoms with Crippen molar-refractivity contribution in [2.75, 3.05) is 30.6 Å². The molecule has 35 heavy (non-hydrogen) atoms. The number of ether oxygens (including phenoxy) is 1. The first-order valence-corrected chi connectivity index (χ1v) is 12.5. The molecule has 0 radical (unpaired) electrons. The minimum absolute atomic E-state index is 0.00877. The largest absolute Gasteiger partial charge is 0.474 e. The lowest BCUT2D eigenvalue weighted by Gasteiger charge is -2.29. The number of hydrogen-bond acceptors (Lipinski definition) is 8. The number of nitrogens with zero attached hydrogens (tertiary/aromatic N) is 3. The molecule has 0 unspecified atom stereocenters. The number of nitrogens with two attached hydrogens (primary N) is 1. The molecule has 1 saturated heterocycles. The Balaban J connectivity index is 1.58. The minimum Gasteiger partial charge on any atom is -0.474 e. The van der Waals surface area contributed by atoms with Crippen molar-refractivity contribution in [1.82, 2.24) is 14.9 Å². The fourth-order valence-corrected chi connectivity index (χ4v) is 4.96. The zero-order chi connectivity index (χ0) is 25.1. The van der Waals surface area contributed by atoms with Gasteiger partial charge < -0.3 is 25.5 Å². The van der Waals surface area contributed by atoms with Crippen molar-refractivity contribution in [2.24, 2.45) is 0 Å². The van der Waals surface area contributed by atoms with Gasteiger partial charge in [0.15, 0.2) is 5.82 Å². The van der Waals surface area contributed by atoms with E-state index in [4.69, 9.17) is 39.1 Å². The van der Waals surface area contributed by atoms with Crippen molar-refractivity contribution in [3.63, 3.8) is 0 Å². The van der Waals surface area contributed by atoms with Crippen LogP contribution in [0.2, 0.25) is 10.0 Å². The lowest BCUT2D eigenvalue weighted by atomic mass is 10.1. The van der Waals surface area contributed by atoms with Gasteiger partial charge in [0, 0.05) is 29.4 Å². The number of nitrogens with one attached hydrogen (secondary N) is 2. The number of hydrogen-bond donors (Lipinski definition) is 3. The van der Waals surface area contributed by atoms with E-state index in [1.54, 1.807) is 25.1 Å². The Morgan fingerprint density at radius 2 is 1.94 bits per heavy atom. The van der Waals surface area contributed by atoms with Gasteiger partial charge in [0.2, 0.25) is 5.88 Å². The molecule has 3 aromatic rings. The highest BCUT2D eigenvalue weighted by Gasteiger charge is 2.23. The highest BCUT2D eigenvalue weighted by molar-refractivity contribution is 8.00. The predicted octanol–water partition coefficient (Wildman–Crippen LogP) is 6.15. The van der Waals surface area contributed by atoms with Gasteiger partial charge in [0.1, 0.15) is 17.7 Å². The number of nitrogen functional groups attached to an aromatic ring is 1. The number of likely N-dealkylation sites (tertiary alicyclic amines) is 1. The fourth-order valence-electron chi connectivity index (χ4n) is 3.69. The van der Waals surface area contributed by atoms with Crippen molar-refractivity contribution < 1.29 is 9.13 Å². The van der Waals surface area contributed by atoms with Gasteiger partial charge in [-0.05, 0) is 75.2 Å². The SMILES string of the molecule is CC(=N)c1c(N)nc(-c2ccc(NSc3cc(Cl)ccc3F)c(Cl)c2)nc1OC1CCN(C)CC1. The molecule has 0 atom stereocenters. The summed E-state index contributed by atoms with van der Waals surface area (Å²) < 4.78 is 23.3. The zero-order valence-electron chi connectivity index (χ0n) is 19.2. The van der Waals surface area contributed by atoms with E-state index in [1.165, 1.54) is 18.2 Å². The minimum atomic E-state index is -0.387. The molecule has 1 aliphatic rings. The number of anilines is 2. The average Bonchev–Trinajstić information content (AvgIpc) is 2.81. The molecular formula is C24H25Cl2FN6OS. The van der Waals surface area contributed by atoms with E-state index in [-0.39, 0.29) is 23.5 Å². The van der Waals surface area contributed by atoms with E-state index in [0.29, 0.717) is 43.5 Å². The topological polar surface area (TPSA) is 100 Å². The Morgan fingerprint density at radius 1 is 1.20 bits per heavy atom. The fraction of sp³-hybridized carbons (Fsp3) is 0.292. The average molecular weight is 535 g/mol. The second kappa shape index (κ2) is 11.0. The molecule has 1 aliphatic heterocycles. The molecule has 4 rings (SSSR count). The van der Waals surface area contributed by atoms with Crippen molar-refractivity contribution in [1.29, 1.82) is 5.41 Å². The second-order valence-corrected chi connectivity index (χ2v) is 10.0. The molecule has 0 bridgehead atoms. The van der Waals surface area contributed by atoms with Crippen LogP contribution in [0, 0.1) is 11.2 Å². The number of rotatable bonds is 7. The van der Waals surface area contributed by atoms with E-state index in [0.717, 1.165) is 37.9 Å². The summed E-state index contributed by atoms with van der Waals surface area (Å²) in [6.07, 6.45) is 1.72. The van der Waals surface area contributed by atoms with Crippen LogP contribution in [0.15, 0.2) is 41.3 Å². The zero-order valence-corrected chi connectivity index (χ0v) is 21.6. The van der Waals surface area contributed by atoms with Crippen LogP contribution in [-0.2, 0) is 0 Å². The van der Waals surface area contributed by atoms with Crippen molar-refractivity contribution in [3.8, 4) is 17.3 Å². The molecule has 2 heterocycles. The third-order valence-electron chi connectivity index (χ3n) is 5.61. The summed E-state index contributed by atoms with van der Waals surface area (Å²) in [5, 5.41) is 8.97.